The highest BCUT2D eigenvalue weighted by Crippen LogP contribution is 2.45. The maximum atomic E-state index is 4.58. The van der Waals surface area contributed by atoms with Gasteiger partial charge >= 0.3 is 0 Å². The Morgan fingerprint density at radius 2 is 1.39 bits per heavy atom. The first-order valence-electron chi connectivity index (χ1n) is 13.2. The van der Waals surface area contributed by atoms with Crippen LogP contribution < -0.4 is 21.5 Å². The average Bonchev–Trinajstić information content (AvgIpc) is 3.20. The van der Waals surface area contributed by atoms with Gasteiger partial charge in [-0.2, -0.15) is 0 Å². The zero-order chi connectivity index (χ0) is 26.0. The van der Waals surface area contributed by atoms with E-state index in [0.29, 0.717) is 0 Å². The SMILES string of the molecule is C=c1c(C)c(C)n2c1=C1B(c3ccccc3-2)c2cccc(-c3ccccc3-c3ccccc3)c2S/C1=C/C. The van der Waals surface area contributed by atoms with Crippen LogP contribution in [0.1, 0.15) is 18.2 Å². The average molecular weight is 505 g/mol. The lowest BCUT2D eigenvalue weighted by molar-refractivity contribution is 0.970. The molecular formula is C35H28BNS. The molecule has 2 aliphatic heterocycles. The van der Waals surface area contributed by atoms with Crippen LogP contribution in [0.25, 0.3) is 40.0 Å². The van der Waals surface area contributed by atoms with E-state index < -0.39 is 0 Å². The van der Waals surface area contributed by atoms with E-state index in [1.165, 1.54) is 70.7 Å². The summed E-state index contributed by atoms with van der Waals surface area (Å²) in [5, 5.41) is 2.41. The second kappa shape index (κ2) is 8.82. The Labute approximate surface area is 228 Å². The topological polar surface area (TPSA) is 4.93 Å². The molecule has 2 aliphatic rings. The van der Waals surface area contributed by atoms with Gasteiger partial charge in [0.15, 0.2) is 0 Å². The van der Waals surface area contributed by atoms with E-state index in [1.807, 2.05) is 11.8 Å². The lowest BCUT2D eigenvalue weighted by Crippen LogP contribution is -2.56. The Bertz CT molecular complexity index is 1890. The Morgan fingerprint density at radius 1 is 0.737 bits per heavy atom. The minimum Gasteiger partial charge on any atom is -0.315 e. The summed E-state index contributed by atoms with van der Waals surface area (Å²) >= 11 is 1.91. The van der Waals surface area contributed by atoms with Gasteiger partial charge in [0.2, 0.25) is 6.71 Å². The maximum Gasteiger partial charge on any atom is 0.249 e. The first-order chi connectivity index (χ1) is 18.6. The molecule has 38 heavy (non-hydrogen) atoms. The van der Waals surface area contributed by atoms with E-state index in [9.17, 15) is 0 Å². The molecule has 0 spiro atoms. The van der Waals surface area contributed by atoms with Gasteiger partial charge in [0, 0.05) is 26.5 Å². The standard InChI is InChI=1S/C35H28BNS/c1-5-32-33-34-23(3)22(2)24(4)37(34)31-21-12-11-19-29(31)36(33)30-20-13-18-28(35(30)38-32)27-17-10-9-16-26(27)25-14-7-6-8-15-25/h5-21H,3H2,1-2,4H3/b32-5+. The molecule has 4 aromatic carbocycles. The minimum atomic E-state index is 0.166. The number of para-hydroxylation sites is 1. The van der Waals surface area contributed by atoms with Gasteiger partial charge in [0.25, 0.3) is 0 Å². The number of hydrogen-bond acceptors (Lipinski definition) is 1. The van der Waals surface area contributed by atoms with E-state index >= 15 is 0 Å². The molecule has 0 N–H and O–H groups in total. The predicted molar refractivity (Wildman–Crippen MR) is 165 cm³/mol. The highest BCUT2D eigenvalue weighted by molar-refractivity contribution is 8.04. The van der Waals surface area contributed by atoms with Crippen molar-refractivity contribution in [2.75, 3.05) is 0 Å². The molecule has 3 heteroatoms. The van der Waals surface area contributed by atoms with E-state index in [1.54, 1.807) is 0 Å². The predicted octanol–water partition coefficient (Wildman–Crippen LogP) is 6.16. The van der Waals surface area contributed by atoms with Crippen molar-refractivity contribution >= 4 is 41.5 Å². The van der Waals surface area contributed by atoms with Gasteiger partial charge in [-0.3, -0.25) is 0 Å². The van der Waals surface area contributed by atoms with Crippen molar-refractivity contribution in [3.8, 4) is 27.9 Å². The molecule has 0 saturated carbocycles. The highest BCUT2D eigenvalue weighted by atomic mass is 32.2. The molecule has 3 heterocycles. The van der Waals surface area contributed by atoms with Gasteiger partial charge < -0.3 is 4.57 Å². The van der Waals surface area contributed by atoms with E-state index in [2.05, 4.69) is 135 Å². The zero-order valence-electron chi connectivity index (χ0n) is 22.0. The van der Waals surface area contributed by atoms with Gasteiger partial charge in [0.1, 0.15) is 0 Å². The van der Waals surface area contributed by atoms with Gasteiger partial charge in [-0.05, 0) is 70.8 Å². The number of allylic oxidation sites excluding steroid dienone is 2. The summed E-state index contributed by atoms with van der Waals surface area (Å²) in [6.45, 7) is 11.3. The molecule has 0 radical (unpaired) electrons. The molecule has 0 atom stereocenters. The monoisotopic (exact) mass is 505 g/mol. The second-order valence-corrected chi connectivity index (χ2v) is 11.2. The normalized spacial score (nSPS) is 14.7. The van der Waals surface area contributed by atoms with Crippen LogP contribution >= 0.6 is 11.8 Å². The van der Waals surface area contributed by atoms with Crippen molar-refractivity contribution < 1.29 is 0 Å². The lowest BCUT2D eigenvalue weighted by atomic mass is 9.34. The number of thioether (sulfide) groups is 1. The molecule has 182 valence electrons. The van der Waals surface area contributed by atoms with E-state index in [4.69, 9.17) is 0 Å². The van der Waals surface area contributed by atoms with Gasteiger partial charge in [-0.1, -0.05) is 121 Å². The summed E-state index contributed by atoms with van der Waals surface area (Å²) in [7, 11) is 0. The Morgan fingerprint density at radius 3 is 2.18 bits per heavy atom. The van der Waals surface area contributed by atoms with Crippen LogP contribution in [0.4, 0.5) is 0 Å². The van der Waals surface area contributed by atoms with Crippen molar-refractivity contribution in [3.63, 3.8) is 0 Å². The van der Waals surface area contributed by atoms with Crippen LogP contribution in [-0.2, 0) is 0 Å². The largest absolute Gasteiger partial charge is 0.315 e. The quantitative estimate of drug-likeness (QED) is 0.260. The Balaban J connectivity index is 1.57. The molecule has 0 saturated heterocycles. The van der Waals surface area contributed by atoms with E-state index in [0.717, 1.165) is 5.22 Å². The molecule has 0 bridgehead atoms. The molecule has 0 fully saturated rings. The van der Waals surface area contributed by atoms with E-state index in [-0.39, 0.29) is 6.71 Å². The third-order valence-electron chi connectivity index (χ3n) is 8.27. The first kappa shape index (κ1) is 23.2. The van der Waals surface area contributed by atoms with Crippen LogP contribution in [-0.4, -0.2) is 11.3 Å². The maximum absolute atomic E-state index is 4.58. The summed E-state index contributed by atoms with van der Waals surface area (Å²) in [5.41, 5.74) is 13.0. The molecular weight excluding hydrogens is 477 g/mol. The molecule has 0 unspecified atom stereocenters. The summed E-state index contributed by atoms with van der Waals surface area (Å²) in [6, 6.07) is 35.4. The summed E-state index contributed by atoms with van der Waals surface area (Å²) in [5.74, 6) is 0. The van der Waals surface area contributed by atoms with Crippen LogP contribution in [0.2, 0.25) is 0 Å². The fraction of sp³-hybridized carbons (Fsp3) is 0.0857. The smallest absolute Gasteiger partial charge is 0.249 e. The third-order valence-corrected chi connectivity index (χ3v) is 9.61. The van der Waals surface area contributed by atoms with Gasteiger partial charge in [-0.25, -0.2) is 0 Å². The Hall–Kier alpha value is -3.95. The first-order valence-corrected chi connectivity index (χ1v) is 14.0. The highest BCUT2D eigenvalue weighted by Gasteiger charge is 2.40. The van der Waals surface area contributed by atoms with Gasteiger partial charge in [-0.15, -0.1) is 0 Å². The second-order valence-electron chi connectivity index (χ2n) is 10.2. The Kier molecular flexibility index (Phi) is 5.38. The summed E-state index contributed by atoms with van der Waals surface area (Å²) < 4.78 is 2.45. The number of benzene rings is 4. The lowest BCUT2D eigenvalue weighted by Gasteiger charge is -2.34. The molecule has 5 aromatic rings. The minimum absolute atomic E-state index is 0.166. The van der Waals surface area contributed by atoms with Crippen molar-refractivity contribution in [2.45, 2.75) is 25.7 Å². The van der Waals surface area contributed by atoms with Crippen LogP contribution in [0.3, 0.4) is 0 Å². The molecule has 0 amide bonds. The molecule has 1 nitrogen and oxygen atoms in total. The number of fused-ring (bicyclic) bond motifs is 7. The third kappa shape index (κ3) is 3.22. The van der Waals surface area contributed by atoms with Crippen molar-refractivity contribution in [1.29, 1.82) is 0 Å². The fourth-order valence-corrected chi connectivity index (χ4v) is 7.59. The number of rotatable bonds is 2. The molecule has 0 aliphatic carbocycles. The zero-order valence-corrected chi connectivity index (χ0v) is 22.8. The van der Waals surface area contributed by atoms with Crippen LogP contribution in [0, 0.1) is 13.8 Å². The fourth-order valence-electron chi connectivity index (χ4n) is 6.33. The number of hydrogen-bond donors (Lipinski definition) is 0. The summed E-state index contributed by atoms with van der Waals surface area (Å²) in [4.78, 5) is 2.68. The van der Waals surface area contributed by atoms with Crippen molar-refractivity contribution in [2.24, 2.45) is 0 Å². The van der Waals surface area contributed by atoms with Crippen molar-refractivity contribution in [3.05, 3.63) is 130 Å². The number of aromatic nitrogens is 1. The molecule has 7 rings (SSSR count). The van der Waals surface area contributed by atoms with Gasteiger partial charge in [0.05, 0.1) is 0 Å². The van der Waals surface area contributed by atoms with Crippen LogP contribution in [0.5, 0.6) is 0 Å². The van der Waals surface area contributed by atoms with Crippen LogP contribution in [0.15, 0.2) is 113 Å². The number of nitrogens with zero attached hydrogens (tertiary/aromatic N) is 1. The molecule has 1 aromatic heterocycles. The summed E-state index contributed by atoms with van der Waals surface area (Å²) in [6.07, 6.45) is 2.30. The van der Waals surface area contributed by atoms with Crippen molar-refractivity contribution in [1.82, 2.24) is 4.57 Å².